The number of nitrogens with zero attached hydrogens (tertiary/aromatic N) is 3. The summed E-state index contributed by atoms with van der Waals surface area (Å²) in [5.41, 5.74) is 1.39. The molecule has 8 heteroatoms. The summed E-state index contributed by atoms with van der Waals surface area (Å²) in [4.78, 5) is 43.2. The molecule has 0 bridgehead atoms. The van der Waals surface area contributed by atoms with E-state index in [1.54, 1.807) is 33.7 Å². The highest BCUT2D eigenvalue weighted by Gasteiger charge is 2.41. The van der Waals surface area contributed by atoms with Crippen molar-refractivity contribution < 1.29 is 14.4 Å². The third-order valence-electron chi connectivity index (χ3n) is 6.92. The van der Waals surface area contributed by atoms with Crippen LogP contribution in [0.15, 0.2) is 35.7 Å². The maximum absolute atomic E-state index is 13.5. The highest BCUT2D eigenvalue weighted by Crippen LogP contribution is 2.41. The van der Waals surface area contributed by atoms with E-state index in [2.05, 4.69) is 18.2 Å². The molecule has 3 amide bonds. The Bertz CT molecular complexity index is 907. The Labute approximate surface area is 194 Å². The van der Waals surface area contributed by atoms with Gasteiger partial charge in [0.15, 0.2) is 0 Å². The van der Waals surface area contributed by atoms with Gasteiger partial charge >= 0.3 is 0 Å². The lowest BCUT2D eigenvalue weighted by Gasteiger charge is -2.43. The van der Waals surface area contributed by atoms with Gasteiger partial charge in [-0.2, -0.15) is 0 Å². The smallest absolute Gasteiger partial charge is 0.256 e. The molecule has 2 aliphatic carbocycles. The van der Waals surface area contributed by atoms with Crippen molar-refractivity contribution in [3.8, 4) is 0 Å². The molecule has 0 aromatic heterocycles. The van der Waals surface area contributed by atoms with Crippen molar-refractivity contribution in [3.05, 3.63) is 36.4 Å². The van der Waals surface area contributed by atoms with Gasteiger partial charge in [0, 0.05) is 37.1 Å². The van der Waals surface area contributed by atoms with Crippen LogP contribution in [0.25, 0.3) is 0 Å². The van der Waals surface area contributed by atoms with Gasteiger partial charge in [0.1, 0.15) is 0 Å². The van der Waals surface area contributed by atoms with E-state index >= 15 is 0 Å². The van der Waals surface area contributed by atoms with Gasteiger partial charge in [-0.1, -0.05) is 13.5 Å². The first-order valence-electron chi connectivity index (χ1n) is 11.4. The van der Waals surface area contributed by atoms with Crippen molar-refractivity contribution in [1.82, 2.24) is 14.5 Å². The lowest BCUT2D eigenvalue weighted by Crippen LogP contribution is -2.61. The largest absolute Gasteiger partial charge is 0.335 e. The molecule has 0 radical (unpaired) electrons. The monoisotopic (exact) mass is 456 g/mol. The highest BCUT2D eigenvalue weighted by atomic mass is 32.2. The molecule has 0 unspecified atom stereocenters. The minimum Gasteiger partial charge on any atom is -0.335 e. The SMILES string of the molecule is C=CC(=O)N1CC(N(C)C(=O)c2cc(SNC3(CC)CC3)ccc2N(C=O)CC2CC2)C1. The van der Waals surface area contributed by atoms with Gasteiger partial charge in [0.25, 0.3) is 5.91 Å². The van der Waals surface area contributed by atoms with E-state index in [1.165, 1.54) is 18.9 Å². The van der Waals surface area contributed by atoms with Crippen molar-refractivity contribution in [1.29, 1.82) is 0 Å². The van der Waals surface area contributed by atoms with Gasteiger partial charge in [0.05, 0.1) is 17.3 Å². The Morgan fingerprint density at radius 3 is 2.59 bits per heavy atom. The average Bonchev–Trinajstić information content (AvgIpc) is 3.70. The van der Waals surface area contributed by atoms with Crippen LogP contribution in [-0.4, -0.2) is 66.3 Å². The van der Waals surface area contributed by atoms with Crippen molar-refractivity contribution in [3.63, 3.8) is 0 Å². The number of hydrogen-bond donors (Lipinski definition) is 1. The summed E-state index contributed by atoms with van der Waals surface area (Å²) in [6, 6.07) is 5.72. The molecule has 1 N–H and O–H groups in total. The second kappa shape index (κ2) is 9.27. The number of likely N-dealkylation sites (N-methyl/N-ethyl adjacent to an activating group) is 1. The molecule has 3 fully saturated rings. The third-order valence-corrected chi connectivity index (χ3v) is 7.94. The van der Waals surface area contributed by atoms with Crippen molar-refractivity contribution >= 4 is 35.9 Å². The fraction of sp³-hybridized carbons (Fsp3) is 0.542. The second-order valence-electron chi connectivity index (χ2n) is 9.24. The molecule has 1 saturated heterocycles. The summed E-state index contributed by atoms with van der Waals surface area (Å²) in [6.45, 7) is 7.34. The van der Waals surface area contributed by atoms with E-state index in [9.17, 15) is 14.4 Å². The van der Waals surface area contributed by atoms with E-state index in [1.807, 2.05) is 18.2 Å². The average molecular weight is 457 g/mol. The predicted molar refractivity (Wildman–Crippen MR) is 126 cm³/mol. The molecule has 1 heterocycles. The molecular formula is C24H32N4O3S. The van der Waals surface area contributed by atoms with E-state index < -0.39 is 0 Å². The number of carbonyl (C=O) groups is 3. The number of likely N-dealkylation sites (tertiary alicyclic amines) is 1. The van der Waals surface area contributed by atoms with Crippen LogP contribution in [0.5, 0.6) is 0 Å². The number of amides is 3. The van der Waals surface area contributed by atoms with Gasteiger partial charge in [-0.15, -0.1) is 0 Å². The van der Waals surface area contributed by atoms with Gasteiger partial charge in [-0.05, 0) is 74.2 Å². The van der Waals surface area contributed by atoms with Crippen LogP contribution in [0, 0.1) is 5.92 Å². The molecule has 4 rings (SSSR count). The van der Waals surface area contributed by atoms with Crippen LogP contribution >= 0.6 is 11.9 Å². The summed E-state index contributed by atoms with van der Waals surface area (Å²) >= 11 is 1.56. The molecule has 1 aliphatic heterocycles. The van der Waals surface area contributed by atoms with Crippen molar-refractivity contribution in [2.75, 3.05) is 31.6 Å². The topological polar surface area (TPSA) is 73.0 Å². The zero-order valence-electron chi connectivity index (χ0n) is 18.9. The number of carbonyl (C=O) groups excluding carboxylic acids is 3. The maximum atomic E-state index is 13.5. The Kier molecular flexibility index (Phi) is 6.62. The molecule has 172 valence electrons. The van der Waals surface area contributed by atoms with E-state index in [0.717, 1.165) is 30.6 Å². The lowest BCUT2D eigenvalue weighted by atomic mass is 10.0. The quantitative estimate of drug-likeness (QED) is 0.315. The van der Waals surface area contributed by atoms with Crippen molar-refractivity contribution in [2.45, 2.75) is 55.5 Å². The zero-order valence-corrected chi connectivity index (χ0v) is 19.7. The number of anilines is 1. The Morgan fingerprint density at radius 2 is 2.03 bits per heavy atom. The van der Waals surface area contributed by atoms with Crippen LogP contribution in [0.3, 0.4) is 0 Å². The fourth-order valence-corrected chi connectivity index (χ4v) is 4.98. The molecule has 3 aliphatic rings. The molecule has 32 heavy (non-hydrogen) atoms. The van der Waals surface area contributed by atoms with Crippen LogP contribution in [-0.2, 0) is 9.59 Å². The third kappa shape index (κ3) is 4.86. The van der Waals surface area contributed by atoms with Crippen molar-refractivity contribution in [2.24, 2.45) is 5.92 Å². The van der Waals surface area contributed by atoms with E-state index in [0.29, 0.717) is 36.8 Å². The molecule has 2 saturated carbocycles. The molecule has 0 atom stereocenters. The first-order valence-corrected chi connectivity index (χ1v) is 12.2. The van der Waals surface area contributed by atoms with Crippen LogP contribution in [0.2, 0.25) is 0 Å². The molecule has 0 spiro atoms. The van der Waals surface area contributed by atoms with Gasteiger partial charge in [-0.3, -0.25) is 19.1 Å². The first-order chi connectivity index (χ1) is 15.4. The molecule has 7 nitrogen and oxygen atoms in total. The van der Waals surface area contributed by atoms with E-state index in [-0.39, 0.29) is 23.4 Å². The standard InChI is InChI=1S/C24H32N4O3S/c1-4-22(30)27-14-18(15-27)26(3)23(31)20-12-19(32-25-24(5-2)10-11-24)8-9-21(20)28(16-29)13-17-6-7-17/h4,8-9,12,16-18,25H,1,5-7,10-11,13-15H2,2-3H3. The minimum atomic E-state index is -0.127. The zero-order chi connectivity index (χ0) is 22.9. The highest BCUT2D eigenvalue weighted by molar-refractivity contribution is 7.97. The summed E-state index contributed by atoms with van der Waals surface area (Å²) < 4.78 is 3.56. The normalized spacial score (nSPS) is 19.1. The van der Waals surface area contributed by atoms with Crippen LogP contribution in [0.1, 0.15) is 49.4 Å². The second-order valence-corrected chi connectivity index (χ2v) is 10.1. The van der Waals surface area contributed by atoms with Gasteiger partial charge < -0.3 is 14.7 Å². The molecule has 1 aromatic rings. The number of rotatable bonds is 11. The van der Waals surface area contributed by atoms with E-state index in [4.69, 9.17) is 0 Å². The maximum Gasteiger partial charge on any atom is 0.256 e. The number of nitrogens with one attached hydrogen (secondary N) is 1. The summed E-state index contributed by atoms with van der Waals surface area (Å²) in [7, 11) is 1.77. The molecule has 1 aromatic carbocycles. The number of benzene rings is 1. The fourth-order valence-electron chi connectivity index (χ4n) is 3.99. The Morgan fingerprint density at radius 1 is 1.31 bits per heavy atom. The minimum absolute atomic E-state index is 0.0448. The Balaban J connectivity index is 1.53. The first kappa shape index (κ1) is 22.9. The van der Waals surface area contributed by atoms with Crippen LogP contribution in [0.4, 0.5) is 5.69 Å². The number of hydrogen-bond acceptors (Lipinski definition) is 5. The summed E-state index contributed by atoms with van der Waals surface area (Å²) in [5, 5.41) is 0. The molecular weight excluding hydrogens is 424 g/mol. The van der Waals surface area contributed by atoms with Crippen LogP contribution < -0.4 is 9.62 Å². The summed E-state index contributed by atoms with van der Waals surface area (Å²) in [5.74, 6) is 0.271. The Hall–Kier alpha value is -2.32. The van der Waals surface area contributed by atoms with Gasteiger partial charge in [-0.25, -0.2) is 0 Å². The lowest BCUT2D eigenvalue weighted by molar-refractivity contribution is -0.132. The summed E-state index contributed by atoms with van der Waals surface area (Å²) in [6.07, 6.45) is 7.80. The predicted octanol–water partition coefficient (Wildman–Crippen LogP) is 3.07. The van der Waals surface area contributed by atoms with Gasteiger partial charge in [0.2, 0.25) is 12.3 Å².